The van der Waals surface area contributed by atoms with Crippen LogP contribution < -0.4 is 0 Å². The predicted molar refractivity (Wildman–Crippen MR) is 100 cm³/mol. The van der Waals surface area contributed by atoms with Crippen molar-refractivity contribution in [2.45, 2.75) is 0 Å². The maximum atomic E-state index is 12.1. The van der Waals surface area contributed by atoms with Crippen LogP contribution in [0, 0.1) is 0 Å². The topological polar surface area (TPSA) is 129 Å². The van der Waals surface area contributed by atoms with Crippen molar-refractivity contribution in [1.29, 1.82) is 0 Å². The highest BCUT2D eigenvalue weighted by Gasteiger charge is 2.23. The molecule has 0 atom stereocenters. The molecule has 12 nitrogen and oxygen atoms in total. The van der Waals surface area contributed by atoms with Crippen molar-refractivity contribution in [3.63, 3.8) is 0 Å². The van der Waals surface area contributed by atoms with Gasteiger partial charge in [-0.05, 0) is 0 Å². The molecular formula is C17H30N4O8. The second kappa shape index (κ2) is 12.8. The van der Waals surface area contributed by atoms with Crippen LogP contribution in [0.5, 0.6) is 0 Å². The summed E-state index contributed by atoms with van der Waals surface area (Å²) in [5.41, 5.74) is 0. The Labute approximate surface area is 169 Å². The van der Waals surface area contributed by atoms with E-state index in [9.17, 15) is 19.2 Å². The number of carboxylic acids is 1. The van der Waals surface area contributed by atoms with Gasteiger partial charge in [0.2, 0.25) is 0 Å². The number of carboxylic acid groups (broad SMARTS) is 1. The standard InChI is InChI=1S/C17H30N4O8/c1-27-15(24)13-19-5-4-18(12-14(22)23)6-8-20(16(25)28-2)10-11-21(9-7-19)17(26)29-3/h4-13H2,1-3H3,(H,22,23). The third-order valence-electron chi connectivity index (χ3n) is 4.55. The molecule has 1 saturated heterocycles. The number of hydrogen-bond donors (Lipinski definition) is 1. The van der Waals surface area contributed by atoms with Crippen LogP contribution in [-0.2, 0) is 23.8 Å². The highest BCUT2D eigenvalue weighted by Crippen LogP contribution is 2.04. The Balaban J connectivity index is 2.98. The Bertz CT molecular complexity index is 574. The molecule has 1 heterocycles. The Kier molecular flexibility index (Phi) is 10.8. The molecular weight excluding hydrogens is 388 g/mol. The monoisotopic (exact) mass is 418 g/mol. The van der Waals surface area contributed by atoms with Gasteiger partial charge >= 0.3 is 24.1 Å². The zero-order valence-corrected chi connectivity index (χ0v) is 17.2. The number of nitrogens with zero attached hydrogens (tertiary/aromatic N) is 4. The molecule has 0 aromatic rings. The average Bonchev–Trinajstić information content (AvgIpc) is 2.70. The largest absolute Gasteiger partial charge is 0.480 e. The van der Waals surface area contributed by atoms with Crippen molar-refractivity contribution in [3.8, 4) is 0 Å². The fourth-order valence-corrected chi connectivity index (χ4v) is 2.87. The zero-order chi connectivity index (χ0) is 21.8. The van der Waals surface area contributed by atoms with E-state index in [1.807, 2.05) is 0 Å². The first-order valence-electron chi connectivity index (χ1n) is 9.19. The summed E-state index contributed by atoms with van der Waals surface area (Å²) in [5, 5.41) is 9.16. The lowest BCUT2D eigenvalue weighted by Gasteiger charge is -2.32. The minimum absolute atomic E-state index is 0.0146. The van der Waals surface area contributed by atoms with E-state index in [0.717, 1.165) is 0 Å². The van der Waals surface area contributed by atoms with E-state index in [-0.39, 0.29) is 39.3 Å². The molecule has 0 spiro atoms. The normalized spacial score (nSPS) is 17.6. The lowest BCUT2D eigenvalue weighted by atomic mass is 10.3. The van der Waals surface area contributed by atoms with Gasteiger partial charge in [-0.3, -0.25) is 19.4 Å². The molecule has 0 aromatic heterocycles. The van der Waals surface area contributed by atoms with Crippen molar-refractivity contribution >= 4 is 24.1 Å². The highest BCUT2D eigenvalue weighted by atomic mass is 16.5. The molecule has 29 heavy (non-hydrogen) atoms. The lowest BCUT2D eigenvalue weighted by Crippen LogP contribution is -2.49. The number of carbonyl (C=O) groups excluding carboxylic acids is 3. The number of carbonyl (C=O) groups is 4. The minimum atomic E-state index is -0.988. The summed E-state index contributed by atoms with van der Waals surface area (Å²) in [6, 6.07) is 0. The summed E-state index contributed by atoms with van der Waals surface area (Å²) in [7, 11) is 3.82. The third kappa shape index (κ3) is 8.96. The fraction of sp³-hybridized carbons (Fsp3) is 0.765. The minimum Gasteiger partial charge on any atom is -0.480 e. The highest BCUT2D eigenvalue weighted by molar-refractivity contribution is 5.71. The Morgan fingerprint density at radius 2 is 1.03 bits per heavy atom. The van der Waals surface area contributed by atoms with Gasteiger partial charge in [-0.25, -0.2) is 9.59 Å². The van der Waals surface area contributed by atoms with Crippen molar-refractivity contribution in [3.05, 3.63) is 0 Å². The summed E-state index contributed by atoms with van der Waals surface area (Å²) >= 11 is 0. The molecule has 0 bridgehead atoms. The summed E-state index contributed by atoms with van der Waals surface area (Å²) in [4.78, 5) is 53.3. The number of amides is 2. The van der Waals surface area contributed by atoms with Crippen LogP contribution in [0.1, 0.15) is 0 Å². The number of methoxy groups -OCH3 is 3. The van der Waals surface area contributed by atoms with E-state index in [0.29, 0.717) is 26.2 Å². The van der Waals surface area contributed by atoms with Gasteiger partial charge in [-0.15, -0.1) is 0 Å². The van der Waals surface area contributed by atoms with Gasteiger partial charge < -0.3 is 29.1 Å². The average molecular weight is 418 g/mol. The molecule has 0 radical (unpaired) electrons. The summed E-state index contributed by atoms with van der Waals surface area (Å²) < 4.78 is 14.3. The second-order valence-electron chi connectivity index (χ2n) is 6.44. The second-order valence-corrected chi connectivity index (χ2v) is 6.44. The van der Waals surface area contributed by atoms with Gasteiger partial charge in [0.25, 0.3) is 0 Å². The molecule has 2 amide bonds. The van der Waals surface area contributed by atoms with Crippen LogP contribution in [0.3, 0.4) is 0 Å². The Hall–Kier alpha value is -2.60. The number of ether oxygens (including phenoxy) is 3. The molecule has 0 aromatic carbocycles. The van der Waals surface area contributed by atoms with E-state index in [2.05, 4.69) is 0 Å². The molecule has 0 saturated carbocycles. The summed E-state index contributed by atoms with van der Waals surface area (Å²) in [6.07, 6.45) is -1.10. The van der Waals surface area contributed by atoms with E-state index < -0.39 is 24.1 Å². The van der Waals surface area contributed by atoms with E-state index in [1.54, 1.807) is 9.80 Å². The quantitative estimate of drug-likeness (QED) is 0.448. The fourth-order valence-electron chi connectivity index (χ4n) is 2.87. The van der Waals surface area contributed by atoms with Gasteiger partial charge in [0, 0.05) is 52.4 Å². The Morgan fingerprint density at radius 3 is 1.41 bits per heavy atom. The molecule has 1 aliphatic rings. The molecule has 1 rings (SSSR count). The van der Waals surface area contributed by atoms with Crippen molar-refractivity contribution in [2.75, 3.05) is 86.8 Å². The van der Waals surface area contributed by atoms with Crippen LogP contribution in [0.2, 0.25) is 0 Å². The first-order valence-corrected chi connectivity index (χ1v) is 9.19. The van der Waals surface area contributed by atoms with Gasteiger partial charge in [0.05, 0.1) is 34.4 Å². The summed E-state index contributed by atoms with van der Waals surface area (Å²) in [5.74, 6) is -1.42. The van der Waals surface area contributed by atoms with E-state index in [4.69, 9.17) is 19.3 Å². The van der Waals surface area contributed by atoms with Crippen LogP contribution in [-0.4, -0.2) is 136 Å². The maximum Gasteiger partial charge on any atom is 0.409 e. The molecule has 166 valence electrons. The van der Waals surface area contributed by atoms with Crippen LogP contribution in [0.25, 0.3) is 0 Å². The molecule has 12 heteroatoms. The molecule has 1 N–H and O–H groups in total. The van der Waals surface area contributed by atoms with Crippen LogP contribution >= 0.6 is 0 Å². The zero-order valence-electron chi connectivity index (χ0n) is 17.2. The third-order valence-corrected chi connectivity index (χ3v) is 4.55. The first kappa shape index (κ1) is 24.4. The lowest BCUT2D eigenvalue weighted by molar-refractivity contribution is -0.142. The Morgan fingerprint density at radius 1 is 0.655 bits per heavy atom. The van der Waals surface area contributed by atoms with E-state index in [1.165, 1.54) is 31.1 Å². The number of esters is 1. The van der Waals surface area contributed by atoms with Crippen molar-refractivity contribution < 1.29 is 38.5 Å². The smallest absolute Gasteiger partial charge is 0.409 e. The van der Waals surface area contributed by atoms with E-state index >= 15 is 0 Å². The van der Waals surface area contributed by atoms with Crippen molar-refractivity contribution in [1.82, 2.24) is 19.6 Å². The number of aliphatic carboxylic acids is 1. The molecule has 1 aliphatic heterocycles. The van der Waals surface area contributed by atoms with Crippen molar-refractivity contribution in [2.24, 2.45) is 0 Å². The van der Waals surface area contributed by atoms with Crippen LogP contribution in [0.4, 0.5) is 9.59 Å². The van der Waals surface area contributed by atoms with Gasteiger partial charge in [-0.2, -0.15) is 0 Å². The number of rotatable bonds is 4. The summed E-state index contributed by atoms with van der Waals surface area (Å²) in [6.45, 7) is 2.09. The SMILES string of the molecule is COC(=O)CN1CCN(CC(=O)O)CCN(C(=O)OC)CCN(C(=O)OC)CC1. The van der Waals surface area contributed by atoms with Gasteiger partial charge in [-0.1, -0.05) is 0 Å². The molecule has 0 aliphatic carbocycles. The van der Waals surface area contributed by atoms with Crippen LogP contribution in [0.15, 0.2) is 0 Å². The van der Waals surface area contributed by atoms with Gasteiger partial charge in [0.1, 0.15) is 0 Å². The molecule has 0 unspecified atom stereocenters. The number of hydrogen-bond acceptors (Lipinski definition) is 9. The van der Waals surface area contributed by atoms with Gasteiger partial charge in [0.15, 0.2) is 0 Å². The molecule has 1 fully saturated rings. The first-order chi connectivity index (χ1) is 13.8. The predicted octanol–water partition coefficient (Wildman–Crippen LogP) is -1.00. The maximum absolute atomic E-state index is 12.1.